The van der Waals surface area contributed by atoms with Crippen molar-refractivity contribution in [2.45, 2.75) is 30.0 Å². The molecular weight excluding hydrogens is 312 g/mol. The third kappa shape index (κ3) is 3.37. The van der Waals surface area contributed by atoms with Gasteiger partial charge in [-0.05, 0) is 42.9 Å². The summed E-state index contributed by atoms with van der Waals surface area (Å²) >= 11 is 5.13. The molecule has 0 radical (unpaired) electrons. The second-order valence-electron chi connectivity index (χ2n) is 3.86. The Morgan fingerprint density at radius 2 is 2.33 bits per heavy atom. The maximum atomic E-state index is 5.22. The third-order valence-corrected chi connectivity index (χ3v) is 4.12. The quantitative estimate of drug-likeness (QED) is 0.890. The highest BCUT2D eigenvalue weighted by molar-refractivity contribution is 9.10. The van der Waals surface area contributed by atoms with Crippen LogP contribution in [0, 0.1) is 0 Å². The van der Waals surface area contributed by atoms with E-state index >= 15 is 0 Å². The molecule has 0 aliphatic heterocycles. The van der Waals surface area contributed by atoms with Crippen LogP contribution >= 0.6 is 27.7 Å². The summed E-state index contributed by atoms with van der Waals surface area (Å²) < 4.78 is 6.32. The van der Waals surface area contributed by atoms with Crippen molar-refractivity contribution in [2.24, 2.45) is 0 Å². The lowest BCUT2D eigenvalue weighted by atomic mass is 10.1. The number of hydrogen-bond acceptors (Lipinski definition) is 4. The normalized spacial score (nSPS) is 12.6. The van der Waals surface area contributed by atoms with E-state index in [0.29, 0.717) is 11.3 Å². The molecule has 3 nitrogen and oxygen atoms in total. The Morgan fingerprint density at radius 3 is 2.94 bits per heavy atom. The number of rotatable bonds is 5. The fourth-order valence-corrected chi connectivity index (χ4v) is 3.31. The molecule has 1 unspecified atom stereocenters. The SMILES string of the molecule is CCNC(C)c1ccc(Sc2ncco2)cc1Br. The number of nitrogens with zero attached hydrogens (tertiary/aromatic N) is 1. The summed E-state index contributed by atoms with van der Waals surface area (Å²) in [7, 11) is 0. The highest BCUT2D eigenvalue weighted by Crippen LogP contribution is 2.32. The Morgan fingerprint density at radius 1 is 1.50 bits per heavy atom. The number of benzene rings is 1. The average Bonchev–Trinajstić information content (AvgIpc) is 2.82. The lowest BCUT2D eigenvalue weighted by Crippen LogP contribution is -2.17. The molecule has 0 amide bonds. The first-order chi connectivity index (χ1) is 8.70. The van der Waals surface area contributed by atoms with Gasteiger partial charge in [0.2, 0.25) is 0 Å². The minimum Gasteiger partial charge on any atom is -0.440 e. The van der Waals surface area contributed by atoms with Crippen LogP contribution in [-0.2, 0) is 0 Å². The second-order valence-corrected chi connectivity index (χ2v) is 5.74. The molecule has 0 aliphatic carbocycles. The number of hydrogen-bond donors (Lipinski definition) is 1. The number of aromatic nitrogens is 1. The zero-order valence-corrected chi connectivity index (χ0v) is 12.7. The smallest absolute Gasteiger partial charge is 0.260 e. The first-order valence-corrected chi connectivity index (χ1v) is 7.42. The van der Waals surface area contributed by atoms with E-state index in [-0.39, 0.29) is 0 Å². The Balaban J connectivity index is 2.14. The molecule has 0 aliphatic rings. The molecule has 5 heteroatoms. The Labute approximate surface area is 120 Å². The van der Waals surface area contributed by atoms with E-state index in [1.54, 1.807) is 12.5 Å². The fraction of sp³-hybridized carbons (Fsp3) is 0.308. The zero-order valence-electron chi connectivity index (χ0n) is 10.3. The van der Waals surface area contributed by atoms with Crippen LogP contribution in [0.25, 0.3) is 0 Å². The summed E-state index contributed by atoms with van der Waals surface area (Å²) in [5.41, 5.74) is 1.26. The van der Waals surface area contributed by atoms with Crippen LogP contribution in [-0.4, -0.2) is 11.5 Å². The van der Waals surface area contributed by atoms with E-state index in [2.05, 4.69) is 58.3 Å². The van der Waals surface area contributed by atoms with Gasteiger partial charge in [-0.25, -0.2) is 4.98 Å². The van der Waals surface area contributed by atoms with Crippen molar-refractivity contribution < 1.29 is 4.42 Å². The topological polar surface area (TPSA) is 38.1 Å². The maximum absolute atomic E-state index is 5.22. The molecule has 0 saturated heterocycles. The molecular formula is C13H15BrN2OS. The molecule has 1 aromatic carbocycles. The van der Waals surface area contributed by atoms with Gasteiger partial charge in [0.1, 0.15) is 6.26 Å². The minimum absolute atomic E-state index is 0.338. The van der Waals surface area contributed by atoms with Gasteiger partial charge in [-0.3, -0.25) is 0 Å². The largest absolute Gasteiger partial charge is 0.440 e. The Bertz CT molecular complexity index is 502. The van der Waals surface area contributed by atoms with Crippen LogP contribution < -0.4 is 5.32 Å². The molecule has 1 atom stereocenters. The van der Waals surface area contributed by atoms with E-state index in [0.717, 1.165) is 15.9 Å². The molecule has 0 bridgehead atoms. The van der Waals surface area contributed by atoms with Crippen molar-refractivity contribution in [2.75, 3.05) is 6.54 Å². The van der Waals surface area contributed by atoms with Crippen LogP contribution in [0.15, 0.2) is 49.7 Å². The molecule has 2 rings (SSSR count). The summed E-state index contributed by atoms with van der Waals surface area (Å²) in [6, 6.07) is 6.65. The van der Waals surface area contributed by atoms with E-state index < -0.39 is 0 Å². The summed E-state index contributed by atoms with van der Waals surface area (Å²) in [4.78, 5) is 5.20. The van der Waals surface area contributed by atoms with E-state index in [1.165, 1.54) is 17.3 Å². The van der Waals surface area contributed by atoms with Crippen molar-refractivity contribution in [3.8, 4) is 0 Å². The minimum atomic E-state index is 0.338. The van der Waals surface area contributed by atoms with Crippen LogP contribution in [0.5, 0.6) is 0 Å². The Hall–Kier alpha value is -0.780. The van der Waals surface area contributed by atoms with Gasteiger partial charge in [0.15, 0.2) is 0 Å². The van der Waals surface area contributed by atoms with Gasteiger partial charge < -0.3 is 9.73 Å². The highest BCUT2D eigenvalue weighted by Gasteiger charge is 2.10. The van der Waals surface area contributed by atoms with Crippen LogP contribution in [0.1, 0.15) is 25.5 Å². The molecule has 1 N–H and O–H groups in total. The molecule has 0 spiro atoms. The first-order valence-electron chi connectivity index (χ1n) is 5.81. The van der Waals surface area contributed by atoms with Crippen molar-refractivity contribution in [3.05, 3.63) is 40.7 Å². The molecule has 1 aromatic heterocycles. The van der Waals surface area contributed by atoms with Crippen molar-refractivity contribution in [1.29, 1.82) is 0 Å². The summed E-state index contributed by atoms with van der Waals surface area (Å²) in [5, 5.41) is 4.06. The predicted molar refractivity (Wildman–Crippen MR) is 76.9 cm³/mol. The van der Waals surface area contributed by atoms with Crippen LogP contribution in [0.2, 0.25) is 0 Å². The standard InChI is InChI=1S/C13H15BrN2OS/c1-3-15-9(2)11-5-4-10(8-12(11)14)18-13-16-6-7-17-13/h4-9,15H,3H2,1-2H3. The van der Waals surface area contributed by atoms with E-state index in [9.17, 15) is 0 Å². The van der Waals surface area contributed by atoms with Gasteiger partial charge in [0, 0.05) is 15.4 Å². The molecule has 0 saturated carbocycles. The predicted octanol–water partition coefficient (Wildman–Crippen LogP) is 4.26. The van der Waals surface area contributed by atoms with Crippen LogP contribution in [0.4, 0.5) is 0 Å². The van der Waals surface area contributed by atoms with Gasteiger partial charge in [-0.2, -0.15) is 0 Å². The molecule has 1 heterocycles. The van der Waals surface area contributed by atoms with Gasteiger partial charge in [-0.1, -0.05) is 28.9 Å². The summed E-state index contributed by atoms with van der Waals surface area (Å²) in [5.74, 6) is 0. The average molecular weight is 327 g/mol. The highest BCUT2D eigenvalue weighted by atomic mass is 79.9. The fourth-order valence-electron chi connectivity index (χ4n) is 1.70. The van der Waals surface area contributed by atoms with Crippen molar-refractivity contribution >= 4 is 27.7 Å². The van der Waals surface area contributed by atoms with Gasteiger partial charge >= 0.3 is 0 Å². The number of halogens is 1. The lowest BCUT2D eigenvalue weighted by Gasteiger charge is -2.15. The lowest BCUT2D eigenvalue weighted by molar-refractivity contribution is 0.454. The number of oxazole rings is 1. The molecule has 96 valence electrons. The molecule has 0 fully saturated rings. The molecule has 18 heavy (non-hydrogen) atoms. The van der Waals surface area contributed by atoms with E-state index in [4.69, 9.17) is 4.42 Å². The number of nitrogens with one attached hydrogen (secondary N) is 1. The monoisotopic (exact) mass is 326 g/mol. The van der Waals surface area contributed by atoms with Gasteiger partial charge in [0.05, 0.1) is 6.20 Å². The van der Waals surface area contributed by atoms with Crippen molar-refractivity contribution in [3.63, 3.8) is 0 Å². The zero-order chi connectivity index (χ0) is 13.0. The third-order valence-electron chi connectivity index (χ3n) is 2.56. The first kappa shape index (κ1) is 13.6. The van der Waals surface area contributed by atoms with Crippen molar-refractivity contribution in [1.82, 2.24) is 10.3 Å². The summed E-state index contributed by atoms with van der Waals surface area (Å²) in [6.07, 6.45) is 3.23. The maximum Gasteiger partial charge on any atom is 0.260 e. The Kier molecular flexibility index (Phi) is 4.86. The van der Waals surface area contributed by atoms with Gasteiger partial charge in [-0.15, -0.1) is 0 Å². The molecule has 2 aromatic rings. The summed E-state index contributed by atoms with van der Waals surface area (Å²) in [6.45, 7) is 5.22. The van der Waals surface area contributed by atoms with E-state index in [1.807, 2.05) is 0 Å². The van der Waals surface area contributed by atoms with Gasteiger partial charge in [0.25, 0.3) is 5.22 Å². The second kappa shape index (κ2) is 6.41. The van der Waals surface area contributed by atoms with Crippen LogP contribution in [0.3, 0.4) is 0 Å².